The van der Waals surface area contributed by atoms with Crippen LogP contribution in [0.2, 0.25) is 0 Å². The van der Waals surface area contributed by atoms with Gasteiger partial charge in [0.05, 0.1) is 5.56 Å². The summed E-state index contributed by atoms with van der Waals surface area (Å²) < 4.78 is 19.7. The lowest BCUT2D eigenvalue weighted by molar-refractivity contribution is 0.668. The third-order valence-corrected chi connectivity index (χ3v) is 11.0. The molecule has 0 unspecified atom stereocenters. The third-order valence-electron chi connectivity index (χ3n) is 11.0. The van der Waals surface area contributed by atoms with Gasteiger partial charge in [0.15, 0.2) is 17.5 Å². The fourth-order valence-electron chi connectivity index (χ4n) is 8.35. The van der Waals surface area contributed by atoms with Gasteiger partial charge in [-0.3, -0.25) is 0 Å². The quantitative estimate of drug-likeness (QED) is 0.175. The Morgan fingerprint density at radius 1 is 0.281 bits per heavy atom. The molecule has 57 heavy (non-hydrogen) atoms. The summed E-state index contributed by atoms with van der Waals surface area (Å²) >= 11 is 0. The Kier molecular flexibility index (Phi) is 6.83. The Morgan fingerprint density at radius 3 is 1.67 bits per heavy atom. The second-order valence-corrected chi connectivity index (χ2v) is 14.3. The van der Waals surface area contributed by atoms with Crippen LogP contribution in [0, 0.1) is 0 Å². The highest BCUT2D eigenvalue weighted by atomic mass is 16.3. The molecule has 12 aromatic rings. The van der Waals surface area contributed by atoms with Crippen LogP contribution in [0.1, 0.15) is 0 Å². The van der Waals surface area contributed by atoms with Crippen LogP contribution >= 0.6 is 0 Å². The summed E-state index contributed by atoms with van der Waals surface area (Å²) in [5.74, 6) is 1.66. The molecule has 0 fully saturated rings. The standard InChI is InChI=1S/C51H29N3O3/c1-3-13-30(14-4-1)34-28-27-33(46-38-18-8-10-23-42(38)56-48(34)46)32-25-26-35-36-19-11-21-40(47(36)57-44(35)29-32)51-53-49(31-15-5-2-6-16-31)52-50(54-51)39-20-12-24-43-45(39)37-17-7-9-22-41(37)55-43/h1-29H. The molecule has 8 aromatic carbocycles. The average molecular weight is 732 g/mol. The van der Waals surface area contributed by atoms with Crippen molar-refractivity contribution in [2.45, 2.75) is 0 Å². The predicted octanol–water partition coefficient (Wildman–Crippen LogP) is 13.9. The van der Waals surface area contributed by atoms with Gasteiger partial charge in [-0.05, 0) is 59.2 Å². The highest BCUT2D eigenvalue weighted by molar-refractivity contribution is 6.17. The van der Waals surface area contributed by atoms with Gasteiger partial charge in [-0.25, -0.2) is 15.0 Å². The monoisotopic (exact) mass is 731 g/mol. The van der Waals surface area contributed by atoms with Crippen molar-refractivity contribution in [2.75, 3.05) is 0 Å². The van der Waals surface area contributed by atoms with E-state index in [-0.39, 0.29) is 0 Å². The Bertz CT molecular complexity index is 3530. The smallest absolute Gasteiger partial charge is 0.167 e. The van der Waals surface area contributed by atoms with E-state index in [1.54, 1.807) is 0 Å². The van der Waals surface area contributed by atoms with Crippen molar-refractivity contribution in [1.29, 1.82) is 0 Å². The SMILES string of the molecule is c1ccc(-c2nc(-c3cccc4c3oc3cc(-c5ccc(-c6ccccc6)c6oc7ccccc7c56)ccc34)nc(-c3cccc4oc5ccccc5c34)n2)cc1. The van der Waals surface area contributed by atoms with Crippen molar-refractivity contribution < 1.29 is 13.3 Å². The molecule has 0 saturated heterocycles. The minimum atomic E-state index is 0.525. The maximum atomic E-state index is 6.84. The molecule has 4 aromatic heterocycles. The summed E-state index contributed by atoms with van der Waals surface area (Å²) in [7, 11) is 0. The Balaban J connectivity index is 1.05. The summed E-state index contributed by atoms with van der Waals surface area (Å²) in [5.41, 5.74) is 11.6. The van der Waals surface area contributed by atoms with E-state index in [0.29, 0.717) is 23.1 Å². The number of aromatic nitrogens is 3. The molecular formula is C51H29N3O3. The zero-order valence-electron chi connectivity index (χ0n) is 30.3. The fraction of sp³-hybridized carbons (Fsp3) is 0. The number of nitrogens with zero attached hydrogens (tertiary/aromatic N) is 3. The molecule has 0 aliphatic heterocycles. The zero-order chi connectivity index (χ0) is 37.5. The topological polar surface area (TPSA) is 78.1 Å². The molecule has 0 aliphatic rings. The van der Waals surface area contributed by atoms with E-state index < -0.39 is 0 Å². The minimum Gasteiger partial charge on any atom is -0.456 e. The van der Waals surface area contributed by atoms with Crippen molar-refractivity contribution in [3.05, 3.63) is 176 Å². The number of benzene rings is 8. The van der Waals surface area contributed by atoms with E-state index in [1.165, 1.54) is 0 Å². The molecule has 0 radical (unpaired) electrons. The van der Waals surface area contributed by atoms with E-state index >= 15 is 0 Å². The molecule has 0 saturated carbocycles. The zero-order valence-corrected chi connectivity index (χ0v) is 30.3. The normalized spacial score (nSPS) is 11.9. The fourth-order valence-corrected chi connectivity index (χ4v) is 8.35. The predicted molar refractivity (Wildman–Crippen MR) is 229 cm³/mol. The van der Waals surface area contributed by atoms with Gasteiger partial charge in [-0.2, -0.15) is 0 Å². The molecule has 6 nitrogen and oxygen atoms in total. The summed E-state index contributed by atoms with van der Waals surface area (Å²) in [6.45, 7) is 0. The molecule has 266 valence electrons. The van der Waals surface area contributed by atoms with Gasteiger partial charge < -0.3 is 13.3 Å². The second kappa shape index (κ2) is 12.3. The van der Waals surface area contributed by atoms with Crippen LogP contribution in [0.15, 0.2) is 189 Å². The highest BCUT2D eigenvalue weighted by Gasteiger charge is 2.22. The number of hydrogen-bond donors (Lipinski definition) is 0. The minimum absolute atomic E-state index is 0.525. The second-order valence-electron chi connectivity index (χ2n) is 14.3. The maximum Gasteiger partial charge on any atom is 0.167 e. The molecule has 0 spiro atoms. The molecule has 0 amide bonds. The van der Waals surface area contributed by atoms with Crippen molar-refractivity contribution in [3.8, 4) is 56.4 Å². The van der Waals surface area contributed by atoms with Crippen LogP contribution in [-0.2, 0) is 0 Å². The summed E-state index contributed by atoms with van der Waals surface area (Å²) in [4.78, 5) is 15.3. The Morgan fingerprint density at radius 2 is 0.860 bits per heavy atom. The van der Waals surface area contributed by atoms with Crippen molar-refractivity contribution in [2.24, 2.45) is 0 Å². The number of hydrogen-bond acceptors (Lipinski definition) is 6. The van der Waals surface area contributed by atoms with Gasteiger partial charge >= 0.3 is 0 Å². The van der Waals surface area contributed by atoms with Gasteiger partial charge in [-0.15, -0.1) is 0 Å². The van der Waals surface area contributed by atoms with E-state index in [4.69, 9.17) is 28.2 Å². The molecule has 0 aliphatic carbocycles. The van der Waals surface area contributed by atoms with Crippen LogP contribution in [0.5, 0.6) is 0 Å². The largest absolute Gasteiger partial charge is 0.456 e. The van der Waals surface area contributed by atoms with E-state index in [2.05, 4.69) is 78.9 Å². The first kappa shape index (κ1) is 31.5. The van der Waals surface area contributed by atoms with Crippen molar-refractivity contribution >= 4 is 65.8 Å². The lowest BCUT2D eigenvalue weighted by Gasteiger charge is -2.09. The number of fused-ring (bicyclic) bond motifs is 9. The first-order chi connectivity index (χ1) is 28.2. The van der Waals surface area contributed by atoms with E-state index in [0.717, 1.165) is 99.2 Å². The average Bonchev–Trinajstić information content (AvgIpc) is 3.98. The summed E-state index contributed by atoms with van der Waals surface area (Å²) in [6.07, 6.45) is 0. The van der Waals surface area contributed by atoms with E-state index in [1.807, 2.05) is 97.1 Å². The molecule has 0 N–H and O–H groups in total. The van der Waals surface area contributed by atoms with Gasteiger partial charge in [0.1, 0.15) is 33.5 Å². The summed E-state index contributed by atoms with van der Waals surface area (Å²) in [6, 6.07) is 59.7. The van der Waals surface area contributed by atoms with Crippen LogP contribution in [0.4, 0.5) is 0 Å². The van der Waals surface area contributed by atoms with Crippen LogP contribution in [-0.4, -0.2) is 15.0 Å². The third kappa shape index (κ3) is 4.94. The summed E-state index contributed by atoms with van der Waals surface area (Å²) in [5, 5.41) is 6.13. The van der Waals surface area contributed by atoms with Crippen LogP contribution in [0.25, 0.3) is 122 Å². The number of para-hydroxylation sites is 3. The van der Waals surface area contributed by atoms with Crippen molar-refractivity contribution in [3.63, 3.8) is 0 Å². The number of rotatable bonds is 5. The Labute approximate surface area is 325 Å². The first-order valence-electron chi connectivity index (χ1n) is 18.9. The molecule has 12 rings (SSSR count). The molecule has 4 heterocycles. The lowest BCUT2D eigenvalue weighted by Crippen LogP contribution is -2.00. The molecular weight excluding hydrogens is 703 g/mol. The number of furan rings is 3. The molecule has 0 atom stereocenters. The van der Waals surface area contributed by atoms with Crippen molar-refractivity contribution in [1.82, 2.24) is 15.0 Å². The lowest BCUT2D eigenvalue weighted by atomic mass is 9.94. The van der Waals surface area contributed by atoms with Gasteiger partial charge in [0.2, 0.25) is 0 Å². The van der Waals surface area contributed by atoms with Crippen LogP contribution in [0.3, 0.4) is 0 Å². The van der Waals surface area contributed by atoms with E-state index in [9.17, 15) is 0 Å². The van der Waals surface area contributed by atoms with Gasteiger partial charge in [-0.1, -0.05) is 133 Å². The van der Waals surface area contributed by atoms with Crippen LogP contribution < -0.4 is 0 Å². The Hall–Kier alpha value is -7.83. The van der Waals surface area contributed by atoms with Gasteiger partial charge in [0, 0.05) is 49.0 Å². The first-order valence-corrected chi connectivity index (χ1v) is 18.9. The maximum absolute atomic E-state index is 6.84. The molecule has 0 bridgehead atoms. The molecule has 6 heteroatoms. The van der Waals surface area contributed by atoms with Gasteiger partial charge in [0.25, 0.3) is 0 Å². The highest BCUT2D eigenvalue weighted by Crippen LogP contribution is 2.44.